The van der Waals surface area contributed by atoms with Crippen LogP contribution in [-0.4, -0.2) is 27.2 Å². The normalized spacial score (nSPS) is 11.5. The van der Waals surface area contributed by atoms with Gasteiger partial charge in [0.25, 0.3) is 0 Å². The minimum Gasteiger partial charge on any atom is -0.309 e. The largest absolute Gasteiger partial charge is 0.309 e. The summed E-state index contributed by atoms with van der Waals surface area (Å²) < 4.78 is 1.71. The van der Waals surface area contributed by atoms with Crippen molar-refractivity contribution in [3.05, 3.63) is 102 Å². The lowest BCUT2D eigenvalue weighted by atomic mass is 10.1. The molecule has 164 valence electrons. The minimum absolute atomic E-state index is 0.183. The molecule has 0 bridgehead atoms. The number of aryl methyl sites for hydroxylation is 1. The van der Waals surface area contributed by atoms with Crippen LogP contribution < -0.4 is 10.6 Å². The van der Waals surface area contributed by atoms with Gasteiger partial charge in [-0.25, -0.2) is 4.98 Å². The second kappa shape index (κ2) is 10.4. The average molecular weight is 437 g/mol. The molecule has 0 spiro atoms. The molecule has 0 aliphatic carbocycles. The summed E-state index contributed by atoms with van der Waals surface area (Å²) in [6, 6.07) is 24.2. The number of carbonyl (C=O) groups excluding carboxylic acids is 1. The molecule has 1 atom stereocenters. The number of nitrogens with zero attached hydrogens (tertiary/aromatic N) is 4. The Morgan fingerprint density at radius 3 is 2.55 bits per heavy atom. The van der Waals surface area contributed by atoms with E-state index in [0.29, 0.717) is 17.9 Å². The number of carbonyl (C=O) groups is 1. The van der Waals surface area contributed by atoms with Crippen LogP contribution in [0.1, 0.15) is 22.7 Å². The Bertz CT molecular complexity index is 1260. The minimum atomic E-state index is -0.534. The summed E-state index contributed by atoms with van der Waals surface area (Å²) >= 11 is 0. The molecule has 0 radical (unpaired) electrons. The van der Waals surface area contributed by atoms with Gasteiger partial charge in [-0.3, -0.25) is 9.48 Å². The van der Waals surface area contributed by atoms with E-state index in [-0.39, 0.29) is 5.91 Å². The van der Waals surface area contributed by atoms with Crippen molar-refractivity contribution >= 4 is 11.7 Å². The molecule has 0 saturated heterocycles. The summed E-state index contributed by atoms with van der Waals surface area (Å²) in [5.74, 6) is 0.299. The van der Waals surface area contributed by atoms with Crippen LogP contribution in [-0.2, 0) is 18.3 Å². The van der Waals surface area contributed by atoms with Crippen molar-refractivity contribution in [3.8, 4) is 17.3 Å². The fourth-order valence-electron chi connectivity index (χ4n) is 3.53. The average Bonchev–Trinajstić information content (AvgIpc) is 3.29. The summed E-state index contributed by atoms with van der Waals surface area (Å²) in [6.45, 7) is 0.599. The van der Waals surface area contributed by atoms with Gasteiger partial charge < -0.3 is 10.6 Å². The molecule has 33 heavy (non-hydrogen) atoms. The Balaban J connectivity index is 1.46. The lowest BCUT2D eigenvalue weighted by molar-refractivity contribution is -0.118. The fourth-order valence-corrected chi connectivity index (χ4v) is 3.53. The quantitative estimate of drug-likeness (QED) is 0.437. The molecular weight excluding hydrogens is 412 g/mol. The van der Waals surface area contributed by atoms with E-state index >= 15 is 0 Å². The van der Waals surface area contributed by atoms with Crippen LogP contribution in [0.15, 0.2) is 85.2 Å². The lowest BCUT2D eigenvalue weighted by Gasteiger charge is -2.19. The molecule has 4 rings (SSSR count). The second-order valence-corrected chi connectivity index (χ2v) is 7.66. The van der Waals surface area contributed by atoms with Crippen LogP contribution in [0.4, 0.5) is 5.82 Å². The Kier molecular flexibility index (Phi) is 6.88. The van der Waals surface area contributed by atoms with Crippen LogP contribution >= 0.6 is 0 Å². The maximum atomic E-state index is 13.2. The highest BCUT2D eigenvalue weighted by Gasteiger charge is 2.20. The van der Waals surface area contributed by atoms with E-state index in [1.807, 2.05) is 67.8 Å². The first-order valence-electron chi connectivity index (χ1n) is 10.7. The van der Waals surface area contributed by atoms with Crippen molar-refractivity contribution in [1.82, 2.24) is 20.1 Å². The van der Waals surface area contributed by atoms with Crippen molar-refractivity contribution in [2.24, 2.45) is 7.05 Å². The highest BCUT2D eigenvalue weighted by Crippen LogP contribution is 2.20. The molecule has 2 heterocycles. The number of benzene rings is 2. The third-order valence-electron chi connectivity index (χ3n) is 5.24. The number of nitriles is 1. The van der Waals surface area contributed by atoms with E-state index < -0.39 is 6.04 Å². The van der Waals surface area contributed by atoms with Crippen LogP contribution in [0, 0.1) is 11.3 Å². The van der Waals surface area contributed by atoms with Crippen LogP contribution in [0.25, 0.3) is 11.3 Å². The van der Waals surface area contributed by atoms with Crippen molar-refractivity contribution < 1.29 is 4.79 Å². The summed E-state index contributed by atoms with van der Waals surface area (Å²) in [6.07, 6.45) is 4.36. The molecule has 1 unspecified atom stereocenters. The van der Waals surface area contributed by atoms with Crippen molar-refractivity contribution in [3.63, 3.8) is 0 Å². The summed E-state index contributed by atoms with van der Waals surface area (Å²) in [5.41, 5.74) is 4.23. The Labute approximate surface area is 192 Å². The zero-order valence-corrected chi connectivity index (χ0v) is 18.3. The first kappa shape index (κ1) is 21.9. The fraction of sp³-hybridized carbons (Fsp3) is 0.154. The van der Waals surface area contributed by atoms with Crippen molar-refractivity contribution in [1.29, 1.82) is 5.26 Å². The monoisotopic (exact) mass is 436 g/mol. The number of rotatable bonds is 8. The zero-order chi connectivity index (χ0) is 23.0. The van der Waals surface area contributed by atoms with E-state index in [0.717, 1.165) is 28.8 Å². The van der Waals surface area contributed by atoms with Gasteiger partial charge in [0.15, 0.2) is 0 Å². The lowest BCUT2D eigenvalue weighted by Crippen LogP contribution is -2.34. The number of hydrogen-bond donors (Lipinski definition) is 2. The molecule has 2 N–H and O–H groups in total. The van der Waals surface area contributed by atoms with E-state index in [4.69, 9.17) is 5.26 Å². The molecule has 7 heteroatoms. The van der Waals surface area contributed by atoms with Gasteiger partial charge in [-0.15, -0.1) is 0 Å². The van der Waals surface area contributed by atoms with Crippen LogP contribution in [0.2, 0.25) is 0 Å². The molecule has 1 amide bonds. The van der Waals surface area contributed by atoms with E-state index in [1.165, 1.54) is 0 Å². The summed E-state index contributed by atoms with van der Waals surface area (Å²) in [5, 5.41) is 19.4. The van der Waals surface area contributed by atoms with Gasteiger partial charge in [-0.05, 0) is 41.8 Å². The number of aromatic nitrogens is 3. The maximum absolute atomic E-state index is 13.2. The van der Waals surface area contributed by atoms with Gasteiger partial charge in [0.05, 0.1) is 23.5 Å². The van der Waals surface area contributed by atoms with Crippen molar-refractivity contribution in [2.45, 2.75) is 12.5 Å². The topological polar surface area (TPSA) is 95.6 Å². The smallest absolute Gasteiger partial charge is 0.247 e. The molecule has 0 aliphatic rings. The van der Waals surface area contributed by atoms with Gasteiger partial charge in [0.1, 0.15) is 11.9 Å². The third-order valence-corrected chi connectivity index (χ3v) is 5.24. The molecule has 0 saturated carbocycles. The molecule has 2 aromatic heterocycles. The van der Waals surface area contributed by atoms with E-state index in [1.54, 1.807) is 29.1 Å². The van der Waals surface area contributed by atoms with Gasteiger partial charge >= 0.3 is 0 Å². The van der Waals surface area contributed by atoms with Crippen molar-refractivity contribution in [2.75, 3.05) is 11.9 Å². The Morgan fingerprint density at radius 1 is 1.06 bits per heavy atom. The maximum Gasteiger partial charge on any atom is 0.247 e. The first-order chi connectivity index (χ1) is 16.1. The standard InChI is InChI=1S/C26H24N6O/c1-32-18-22(17-29-32)23-8-5-9-24(30-23)31-26(33)25(21-6-3-2-4-7-21)28-15-14-19-10-12-20(16-27)13-11-19/h2-13,17-18,25,28H,14-15H2,1H3,(H,30,31,33). The molecule has 0 fully saturated rings. The predicted molar refractivity (Wildman–Crippen MR) is 127 cm³/mol. The molecule has 2 aromatic carbocycles. The van der Waals surface area contributed by atoms with Crippen LogP contribution in [0.3, 0.4) is 0 Å². The molecule has 7 nitrogen and oxygen atoms in total. The first-order valence-corrected chi connectivity index (χ1v) is 10.7. The predicted octanol–water partition coefficient (Wildman–Crippen LogP) is 3.87. The molecular formula is C26H24N6O. The van der Waals surface area contributed by atoms with E-state index in [2.05, 4.69) is 26.8 Å². The molecule has 0 aliphatic heterocycles. The van der Waals surface area contributed by atoms with Gasteiger partial charge in [-0.1, -0.05) is 48.5 Å². The van der Waals surface area contributed by atoms with Gasteiger partial charge in [-0.2, -0.15) is 10.4 Å². The number of hydrogen-bond acceptors (Lipinski definition) is 5. The Hall–Kier alpha value is -4.28. The number of nitrogens with one attached hydrogen (secondary N) is 2. The highest BCUT2D eigenvalue weighted by molar-refractivity contribution is 5.95. The highest BCUT2D eigenvalue weighted by atomic mass is 16.2. The Morgan fingerprint density at radius 2 is 1.85 bits per heavy atom. The van der Waals surface area contributed by atoms with E-state index in [9.17, 15) is 4.79 Å². The number of anilines is 1. The zero-order valence-electron chi connectivity index (χ0n) is 18.3. The number of amides is 1. The van der Waals surface area contributed by atoms with Gasteiger partial charge in [0.2, 0.25) is 5.91 Å². The third kappa shape index (κ3) is 5.70. The SMILES string of the molecule is Cn1cc(-c2cccc(NC(=O)C(NCCc3ccc(C#N)cc3)c3ccccc3)n2)cn1. The summed E-state index contributed by atoms with van der Waals surface area (Å²) in [4.78, 5) is 17.8. The summed E-state index contributed by atoms with van der Waals surface area (Å²) in [7, 11) is 1.85. The molecule has 4 aromatic rings. The van der Waals surface area contributed by atoms with Gasteiger partial charge in [0, 0.05) is 25.4 Å². The van der Waals surface area contributed by atoms with Crippen LogP contribution in [0.5, 0.6) is 0 Å². The second-order valence-electron chi connectivity index (χ2n) is 7.66. The number of pyridine rings is 1.